The zero-order valence-corrected chi connectivity index (χ0v) is 10.1. The van der Waals surface area contributed by atoms with E-state index in [4.69, 9.17) is 0 Å². The molecule has 0 fully saturated rings. The minimum atomic E-state index is 0.549. The fourth-order valence-corrected chi connectivity index (χ4v) is 2.16. The smallest absolute Gasteiger partial charge is 0.0705 e. The second kappa shape index (κ2) is 4.23. The summed E-state index contributed by atoms with van der Waals surface area (Å²) in [4.78, 5) is 5.71. The van der Waals surface area contributed by atoms with Crippen LogP contribution in [0.2, 0.25) is 0 Å². The van der Waals surface area contributed by atoms with Gasteiger partial charge in [-0.1, -0.05) is 26.0 Å². The van der Waals surface area contributed by atoms with Crippen LogP contribution in [-0.2, 0) is 0 Å². The summed E-state index contributed by atoms with van der Waals surface area (Å²) in [5.41, 5.74) is 2.48. The van der Waals surface area contributed by atoms with Gasteiger partial charge >= 0.3 is 0 Å². The van der Waals surface area contributed by atoms with E-state index in [0.717, 1.165) is 5.52 Å². The Balaban J connectivity index is 2.70. The third-order valence-corrected chi connectivity index (χ3v) is 3.29. The lowest BCUT2D eigenvalue weighted by atomic mass is 9.98. The van der Waals surface area contributed by atoms with E-state index in [1.807, 2.05) is 6.20 Å². The predicted molar refractivity (Wildman–Crippen MR) is 67.6 cm³/mol. The molecule has 15 heavy (non-hydrogen) atoms. The number of benzene rings is 1. The van der Waals surface area contributed by atoms with Crippen molar-refractivity contribution >= 4 is 22.7 Å². The maximum absolute atomic E-state index is 4.47. The molecule has 2 rings (SSSR count). The molecule has 0 N–H and O–H groups in total. The lowest BCUT2D eigenvalue weighted by Gasteiger charge is -2.09. The van der Waals surface area contributed by atoms with E-state index in [9.17, 15) is 0 Å². The first-order valence-corrected chi connectivity index (χ1v) is 6.37. The number of aromatic nitrogens is 1. The SMILES string of the molecule is CSc1cnc2cccc(C(C)C)c2c1. The zero-order valence-electron chi connectivity index (χ0n) is 9.32. The molecule has 0 spiro atoms. The van der Waals surface area contributed by atoms with Gasteiger partial charge in [0.25, 0.3) is 0 Å². The number of fused-ring (bicyclic) bond motifs is 1. The molecule has 0 atom stereocenters. The van der Waals surface area contributed by atoms with Crippen LogP contribution in [0.4, 0.5) is 0 Å². The highest BCUT2D eigenvalue weighted by atomic mass is 32.2. The van der Waals surface area contributed by atoms with Gasteiger partial charge in [-0.15, -0.1) is 11.8 Å². The Bertz CT molecular complexity index is 477. The Kier molecular flexibility index (Phi) is 2.96. The fraction of sp³-hybridized carbons (Fsp3) is 0.308. The molecule has 1 aromatic carbocycles. The lowest BCUT2D eigenvalue weighted by molar-refractivity contribution is 0.875. The maximum atomic E-state index is 4.47. The van der Waals surface area contributed by atoms with Crippen molar-refractivity contribution in [3.63, 3.8) is 0 Å². The molecule has 0 saturated heterocycles. The van der Waals surface area contributed by atoms with Gasteiger partial charge < -0.3 is 0 Å². The summed E-state index contributed by atoms with van der Waals surface area (Å²) in [5.74, 6) is 0.549. The van der Waals surface area contributed by atoms with Crippen LogP contribution in [0.5, 0.6) is 0 Å². The highest BCUT2D eigenvalue weighted by Crippen LogP contribution is 2.27. The highest BCUT2D eigenvalue weighted by molar-refractivity contribution is 7.98. The summed E-state index contributed by atoms with van der Waals surface area (Å²) in [6, 6.07) is 8.59. The highest BCUT2D eigenvalue weighted by Gasteiger charge is 2.05. The van der Waals surface area contributed by atoms with Gasteiger partial charge in [-0.2, -0.15) is 0 Å². The van der Waals surface area contributed by atoms with Gasteiger partial charge in [-0.25, -0.2) is 0 Å². The van der Waals surface area contributed by atoms with Gasteiger partial charge in [-0.05, 0) is 29.9 Å². The molecule has 1 nitrogen and oxygen atoms in total. The number of pyridine rings is 1. The summed E-state index contributed by atoms with van der Waals surface area (Å²) < 4.78 is 0. The largest absolute Gasteiger partial charge is 0.255 e. The van der Waals surface area contributed by atoms with Gasteiger partial charge in [0.05, 0.1) is 5.52 Å². The number of hydrogen-bond acceptors (Lipinski definition) is 2. The van der Waals surface area contributed by atoms with Crippen LogP contribution in [0, 0.1) is 0 Å². The van der Waals surface area contributed by atoms with Gasteiger partial charge in [0.2, 0.25) is 0 Å². The number of thioether (sulfide) groups is 1. The molecule has 0 radical (unpaired) electrons. The number of rotatable bonds is 2. The minimum Gasteiger partial charge on any atom is -0.255 e. The summed E-state index contributed by atoms with van der Waals surface area (Å²) in [5, 5.41) is 1.29. The topological polar surface area (TPSA) is 12.9 Å². The van der Waals surface area contributed by atoms with Crippen molar-refractivity contribution in [3.8, 4) is 0 Å². The molecule has 2 heteroatoms. The molecule has 78 valence electrons. The van der Waals surface area contributed by atoms with Crippen molar-refractivity contribution in [2.75, 3.05) is 6.26 Å². The van der Waals surface area contributed by atoms with Crippen molar-refractivity contribution < 1.29 is 0 Å². The van der Waals surface area contributed by atoms with E-state index in [1.54, 1.807) is 11.8 Å². The number of hydrogen-bond donors (Lipinski definition) is 0. The van der Waals surface area contributed by atoms with Crippen molar-refractivity contribution in [1.29, 1.82) is 0 Å². The Morgan fingerprint density at radius 2 is 2.07 bits per heavy atom. The molecule has 0 unspecified atom stereocenters. The third-order valence-electron chi connectivity index (χ3n) is 2.59. The van der Waals surface area contributed by atoms with E-state index >= 15 is 0 Å². The summed E-state index contributed by atoms with van der Waals surface area (Å²) in [6.45, 7) is 4.45. The van der Waals surface area contributed by atoms with Crippen LogP contribution >= 0.6 is 11.8 Å². The summed E-state index contributed by atoms with van der Waals surface area (Å²) in [7, 11) is 0. The van der Waals surface area contributed by atoms with E-state index in [-0.39, 0.29) is 0 Å². The van der Waals surface area contributed by atoms with Gasteiger partial charge in [0, 0.05) is 16.5 Å². The van der Waals surface area contributed by atoms with E-state index in [1.165, 1.54) is 15.8 Å². The Labute approximate surface area is 94.9 Å². The summed E-state index contributed by atoms with van der Waals surface area (Å²) in [6.07, 6.45) is 4.03. The standard InChI is InChI=1S/C13H15NS/c1-9(2)11-5-4-6-13-12(11)7-10(15-3)8-14-13/h4-9H,1-3H3. The molecule has 0 saturated carbocycles. The van der Waals surface area contributed by atoms with Crippen molar-refractivity contribution in [2.24, 2.45) is 0 Å². The van der Waals surface area contributed by atoms with Crippen LogP contribution in [0.1, 0.15) is 25.3 Å². The first-order valence-electron chi connectivity index (χ1n) is 5.15. The van der Waals surface area contributed by atoms with Crippen LogP contribution in [0.15, 0.2) is 35.4 Å². The molecule has 0 aliphatic carbocycles. The van der Waals surface area contributed by atoms with Crippen LogP contribution in [0.25, 0.3) is 10.9 Å². The van der Waals surface area contributed by atoms with Gasteiger partial charge in [0.15, 0.2) is 0 Å². The van der Waals surface area contributed by atoms with Gasteiger partial charge in [0.1, 0.15) is 0 Å². The normalized spacial score (nSPS) is 11.2. The summed E-state index contributed by atoms with van der Waals surface area (Å²) >= 11 is 1.74. The molecule has 1 aromatic heterocycles. The Morgan fingerprint density at radius 1 is 1.27 bits per heavy atom. The molecule has 0 amide bonds. The molecular formula is C13H15NS. The molecule has 0 bridgehead atoms. The predicted octanol–water partition coefficient (Wildman–Crippen LogP) is 4.08. The second-order valence-electron chi connectivity index (χ2n) is 3.94. The second-order valence-corrected chi connectivity index (χ2v) is 4.82. The average molecular weight is 217 g/mol. The fourth-order valence-electron chi connectivity index (χ4n) is 1.77. The molecule has 1 heterocycles. The minimum absolute atomic E-state index is 0.549. The van der Waals surface area contributed by atoms with E-state index in [0.29, 0.717) is 5.92 Å². The lowest BCUT2D eigenvalue weighted by Crippen LogP contribution is -1.90. The first kappa shape index (κ1) is 10.5. The van der Waals surface area contributed by atoms with Crippen LogP contribution in [-0.4, -0.2) is 11.2 Å². The van der Waals surface area contributed by atoms with E-state index in [2.05, 4.69) is 49.4 Å². The molecule has 0 aliphatic rings. The van der Waals surface area contributed by atoms with Crippen molar-refractivity contribution in [1.82, 2.24) is 4.98 Å². The Morgan fingerprint density at radius 3 is 2.73 bits per heavy atom. The quantitative estimate of drug-likeness (QED) is 0.703. The van der Waals surface area contributed by atoms with Crippen LogP contribution in [0.3, 0.4) is 0 Å². The monoisotopic (exact) mass is 217 g/mol. The third kappa shape index (κ3) is 2.00. The van der Waals surface area contributed by atoms with Crippen molar-refractivity contribution in [2.45, 2.75) is 24.7 Å². The van der Waals surface area contributed by atoms with Crippen molar-refractivity contribution in [3.05, 3.63) is 36.0 Å². The van der Waals surface area contributed by atoms with Gasteiger partial charge in [-0.3, -0.25) is 4.98 Å². The number of nitrogens with zero attached hydrogens (tertiary/aromatic N) is 1. The molecule has 0 aliphatic heterocycles. The maximum Gasteiger partial charge on any atom is 0.0705 e. The van der Waals surface area contributed by atoms with E-state index < -0.39 is 0 Å². The first-order chi connectivity index (χ1) is 7.22. The van der Waals surface area contributed by atoms with Crippen LogP contribution < -0.4 is 0 Å². The average Bonchev–Trinajstić information content (AvgIpc) is 2.27. The Hall–Kier alpha value is -1.02. The molecule has 2 aromatic rings. The zero-order chi connectivity index (χ0) is 10.8. The molecular weight excluding hydrogens is 202 g/mol.